The number of rotatable bonds is 6. The zero-order valence-corrected chi connectivity index (χ0v) is 13.9. The van der Waals surface area contributed by atoms with Gasteiger partial charge in [0.1, 0.15) is 5.54 Å². The highest BCUT2D eigenvalue weighted by Gasteiger charge is 2.31. The normalized spacial score (nSPS) is 26.5. The molecule has 0 saturated carbocycles. The van der Waals surface area contributed by atoms with Crippen molar-refractivity contribution in [1.29, 1.82) is 5.26 Å². The van der Waals surface area contributed by atoms with Crippen LogP contribution in [0.4, 0.5) is 0 Å². The van der Waals surface area contributed by atoms with Gasteiger partial charge < -0.3 is 4.90 Å². The fourth-order valence-electron chi connectivity index (χ4n) is 3.31. The average molecular weight is 280 g/mol. The molecule has 0 aromatic heterocycles. The van der Waals surface area contributed by atoms with Crippen LogP contribution in [0.3, 0.4) is 0 Å². The Labute approximate surface area is 125 Å². The summed E-state index contributed by atoms with van der Waals surface area (Å²) in [6.07, 6.45) is 3.17. The molecular weight excluding hydrogens is 248 g/mol. The summed E-state index contributed by atoms with van der Waals surface area (Å²) in [7, 11) is 2.20. The van der Waals surface area contributed by atoms with Gasteiger partial charge in [-0.05, 0) is 66.7 Å². The highest BCUT2D eigenvalue weighted by molar-refractivity contribution is 5.05. The van der Waals surface area contributed by atoms with E-state index in [9.17, 15) is 5.26 Å². The molecule has 1 N–H and O–H groups in total. The van der Waals surface area contributed by atoms with Gasteiger partial charge in [0.25, 0.3) is 0 Å². The Balaban J connectivity index is 2.63. The van der Waals surface area contributed by atoms with Crippen molar-refractivity contribution >= 4 is 0 Å². The molecule has 0 aromatic carbocycles. The molecule has 1 rings (SSSR count). The van der Waals surface area contributed by atoms with E-state index < -0.39 is 5.54 Å². The standard InChI is InChI=1S/C16H32N4/c1-6-8-18-16(4,13-17)11-14(2)20-10-7-9-19(5)12-15(20)3/h14-15,18H,6-12H2,1-5H3. The van der Waals surface area contributed by atoms with E-state index in [0.717, 1.165) is 32.5 Å². The van der Waals surface area contributed by atoms with Crippen LogP contribution >= 0.6 is 0 Å². The summed E-state index contributed by atoms with van der Waals surface area (Å²) in [4.78, 5) is 4.99. The van der Waals surface area contributed by atoms with Crippen molar-refractivity contribution in [2.45, 2.75) is 64.6 Å². The van der Waals surface area contributed by atoms with E-state index in [1.165, 1.54) is 13.0 Å². The van der Waals surface area contributed by atoms with Crippen LogP contribution in [0.25, 0.3) is 0 Å². The van der Waals surface area contributed by atoms with E-state index in [4.69, 9.17) is 0 Å². The van der Waals surface area contributed by atoms with Gasteiger partial charge in [0.2, 0.25) is 0 Å². The SMILES string of the molecule is CCCNC(C)(C#N)CC(C)N1CCCN(C)CC1C. The first kappa shape index (κ1) is 17.4. The molecule has 1 fully saturated rings. The van der Waals surface area contributed by atoms with E-state index >= 15 is 0 Å². The first-order valence-corrected chi connectivity index (χ1v) is 8.02. The van der Waals surface area contributed by atoms with Crippen molar-refractivity contribution in [3.8, 4) is 6.07 Å². The minimum absolute atomic E-state index is 0.409. The Kier molecular flexibility index (Phi) is 6.94. The van der Waals surface area contributed by atoms with Crippen molar-refractivity contribution in [2.24, 2.45) is 0 Å². The minimum atomic E-state index is -0.409. The zero-order chi connectivity index (χ0) is 15.2. The zero-order valence-electron chi connectivity index (χ0n) is 13.9. The molecule has 0 spiro atoms. The summed E-state index contributed by atoms with van der Waals surface area (Å²) in [6, 6.07) is 3.47. The molecule has 4 heteroatoms. The Bertz CT molecular complexity index is 325. The third-order valence-corrected chi connectivity index (χ3v) is 4.38. The first-order valence-electron chi connectivity index (χ1n) is 8.02. The summed E-state index contributed by atoms with van der Waals surface area (Å²) in [6.45, 7) is 13.1. The van der Waals surface area contributed by atoms with E-state index in [0.29, 0.717) is 12.1 Å². The molecule has 1 saturated heterocycles. The Morgan fingerprint density at radius 1 is 1.45 bits per heavy atom. The van der Waals surface area contributed by atoms with E-state index in [-0.39, 0.29) is 0 Å². The fourth-order valence-corrected chi connectivity index (χ4v) is 3.31. The maximum absolute atomic E-state index is 9.48. The topological polar surface area (TPSA) is 42.3 Å². The predicted molar refractivity (Wildman–Crippen MR) is 84.7 cm³/mol. The molecule has 1 aliphatic rings. The van der Waals surface area contributed by atoms with Crippen molar-refractivity contribution in [3.63, 3.8) is 0 Å². The lowest BCUT2D eigenvalue weighted by molar-refractivity contribution is 0.130. The Morgan fingerprint density at radius 3 is 2.75 bits per heavy atom. The molecule has 1 heterocycles. The second-order valence-corrected chi connectivity index (χ2v) is 6.63. The van der Waals surface area contributed by atoms with Gasteiger partial charge in [0.15, 0.2) is 0 Å². The summed E-state index contributed by atoms with van der Waals surface area (Å²) in [5.74, 6) is 0. The van der Waals surface area contributed by atoms with Gasteiger partial charge in [-0.3, -0.25) is 10.2 Å². The number of likely N-dealkylation sites (N-methyl/N-ethyl adjacent to an activating group) is 1. The van der Waals surface area contributed by atoms with E-state index in [1.807, 2.05) is 6.92 Å². The van der Waals surface area contributed by atoms with Gasteiger partial charge in [-0.1, -0.05) is 6.92 Å². The summed E-state index contributed by atoms with van der Waals surface area (Å²) < 4.78 is 0. The number of nitrogens with zero attached hydrogens (tertiary/aromatic N) is 3. The van der Waals surface area contributed by atoms with Crippen molar-refractivity contribution in [3.05, 3.63) is 0 Å². The third-order valence-electron chi connectivity index (χ3n) is 4.38. The second-order valence-electron chi connectivity index (χ2n) is 6.63. The van der Waals surface area contributed by atoms with Crippen LogP contribution in [0.2, 0.25) is 0 Å². The van der Waals surface area contributed by atoms with Crippen LogP contribution in [0.15, 0.2) is 0 Å². The van der Waals surface area contributed by atoms with Gasteiger partial charge >= 0.3 is 0 Å². The van der Waals surface area contributed by atoms with Crippen LogP contribution in [0.5, 0.6) is 0 Å². The lowest BCUT2D eigenvalue weighted by Gasteiger charge is -2.37. The van der Waals surface area contributed by atoms with Crippen LogP contribution in [-0.4, -0.2) is 60.6 Å². The van der Waals surface area contributed by atoms with Crippen LogP contribution in [0.1, 0.15) is 47.0 Å². The Hall–Kier alpha value is -0.630. The highest BCUT2D eigenvalue weighted by Crippen LogP contribution is 2.20. The van der Waals surface area contributed by atoms with Gasteiger partial charge in [-0.25, -0.2) is 0 Å². The monoisotopic (exact) mass is 280 g/mol. The van der Waals surface area contributed by atoms with Gasteiger partial charge in [-0.15, -0.1) is 0 Å². The number of nitriles is 1. The summed E-state index contributed by atoms with van der Waals surface area (Å²) >= 11 is 0. The van der Waals surface area contributed by atoms with Crippen LogP contribution < -0.4 is 5.32 Å². The lowest BCUT2D eigenvalue weighted by atomic mass is 9.93. The maximum atomic E-state index is 9.48. The molecule has 0 bridgehead atoms. The quantitative estimate of drug-likeness (QED) is 0.809. The number of hydrogen-bond acceptors (Lipinski definition) is 4. The summed E-state index contributed by atoms with van der Waals surface area (Å²) in [5.41, 5.74) is -0.409. The molecule has 3 unspecified atom stereocenters. The fraction of sp³-hybridized carbons (Fsp3) is 0.938. The molecule has 0 aromatic rings. The number of nitrogens with one attached hydrogen (secondary N) is 1. The number of hydrogen-bond donors (Lipinski definition) is 1. The molecule has 0 radical (unpaired) electrons. The van der Waals surface area contributed by atoms with Crippen molar-refractivity contribution in [1.82, 2.24) is 15.1 Å². The van der Waals surface area contributed by atoms with Gasteiger partial charge in [0.05, 0.1) is 6.07 Å². The largest absolute Gasteiger partial charge is 0.305 e. The lowest BCUT2D eigenvalue weighted by Crippen LogP contribution is -2.50. The third kappa shape index (κ3) is 5.05. The minimum Gasteiger partial charge on any atom is -0.305 e. The van der Waals surface area contributed by atoms with Crippen LogP contribution in [0, 0.1) is 11.3 Å². The average Bonchev–Trinajstić information content (AvgIpc) is 2.57. The van der Waals surface area contributed by atoms with E-state index in [1.54, 1.807) is 0 Å². The van der Waals surface area contributed by atoms with Gasteiger partial charge in [0, 0.05) is 18.6 Å². The molecule has 20 heavy (non-hydrogen) atoms. The van der Waals surface area contributed by atoms with Crippen LogP contribution in [-0.2, 0) is 0 Å². The molecular formula is C16H32N4. The Morgan fingerprint density at radius 2 is 2.15 bits per heavy atom. The van der Waals surface area contributed by atoms with Crippen molar-refractivity contribution < 1.29 is 0 Å². The van der Waals surface area contributed by atoms with Crippen molar-refractivity contribution in [2.75, 3.05) is 33.2 Å². The first-order chi connectivity index (χ1) is 9.41. The molecule has 116 valence electrons. The maximum Gasteiger partial charge on any atom is 0.105 e. The molecule has 0 amide bonds. The van der Waals surface area contributed by atoms with Gasteiger partial charge in [-0.2, -0.15) is 5.26 Å². The smallest absolute Gasteiger partial charge is 0.105 e. The summed E-state index contributed by atoms with van der Waals surface area (Å²) in [5, 5.41) is 12.9. The molecule has 3 atom stereocenters. The predicted octanol–water partition coefficient (Wildman–Crippen LogP) is 2.07. The molecule has 0 aliphatic carbocycles. The second kappa shape index (κ2) is 7.97. The molecule has 1 aliphatic heterocycles. The highest BCUT2D eigenvalue weighted by atomic mass is 15.2. The molecule has 4 nitrogen and oxygen atoms in total. The van der Waals surface area contributed by atoms with E-state index in [2.05, 4.69) is 49.0 Å².